The highest BCUT2D eigenvalue weighted by atomic mass is 16.6. The van der Waals surface area contributed by atoms with Crippen molar-refractivity contribution < 1.29 is 24.5 Å². The fraction of sp³-hybridized carbons (Fsp3) is 0.643. The van der Waals surface area contributed by atoms with Crippen LogP contribution in [0.3, 0.4) is 0 Å². The second-order valence-electron chi connectivity index (χ2n) is 11.5. The first kappa shape index (κ1) is 22.8. The van der Waals surface area contributed by atoms with E-state index in [1.807, 2.05) is 13.0 Å². The molecule has 178 valence electrons. The zero-order valence-electron chi connectivity index (χ0n) is 20.5. The van der Waals surface area contributed by atoms with E-state index < -0.39 is 34.1 Å². The van der Waals surface area contributed by atoms with Gasteiger partial charge in [-0.2, -0.15) is 0 Å². The lowest BCUT2D eigenvalue weighted by atomic mass is 9.51. The minimum Gasteiger partial charge on any atom is -0.455 e. The van der Waals surface area contributed by atoms with Gasteiger partial charge in [-0.1, -0.05) is 41.4 Å². The minimum absolute atomic E-state index is 0.144. The number of allylic oxidation sites excluding steroid dienone is 5. The predicted molar refractivity (Wildman–Crippen MR) is 125 cm³/mol. The molecule has 1 fully saturated rings. The molecule has 6 atom stereocenters. The number of aliphatic hydroxyl groups is 2. The Kier molecular flexibility index (Phi) is 4.85. The molecule has 0 spiro atoms. The number of carbonyl (C=O) groups is 2. The summed E-state index contributed by atoms with van der Waals surface area (Å²) in [7, 11) is 0. The number of cyclic esters (lactones) is 1. The molecule has 1 heterocycles. The number of rotatable bonds is 2. The van der Waals surface area contributed by atoms with Crippen LogP contribution in [0.5, 0.6) is 0 Å². The third-order valence-corrected chi connectivity index (χ3v) is 10.3. The highest BCUT2D eigenvalue weighted by Gasteiger charge is 2.67. The first-order chi connectivity index (χ1) is 15.4. The molecule has 0 aromatic heterocycles. The van der Waals surface area contributed by atoms with Gasteiger partial charge in [-0.25, -0.2) is 4.79 Å². The van der Waals surface area contributed by atoms with Crippen molar-refractivity contribution in [3.05, 3.63) is 46.1 Å². The molecule has 1 aliphatic heterocycles. The van der Waals surface area contributed by atoms with E-state index in [0.29, 0.717) is 31.3 Å². The Morgan fingerprint density at radius 3 is 2.58 bits per heavy atom. The smallest absolute Gasteiger partial charge is 0.334 e. The van der Waals surface area contributed by atoms with Gasteiger partial charge in [-0.3, -0.25) is 4.79 Å². The molecule has 0 amide bonds. The van der Waals surface area contributed by atoms with E-state index in [1.54, 1.807) is 19.9 Å². The van der Waals surface area contributed by atoms with E-state index >= 15 is 0 Å². The zero-order valence-corrected chi connectivity index (χ0v) is 20.5. The molecule has 0 saturated heterocycles. The summed E-state index contributed by atoms with van der Waals surface area (Å²) < 4.78 is 5.66. The number of ketones is 1. The van der Waals surface area contributed by atoms with Crippen molar-refractivity contribution in [2.24, 2.45) is 16.7 Å². The molecule has 0 unspecified atom stereocenters. The number of hydrogen-bond donors (Lipinski definition) is 2. The maximum Gasteiger partial charge on any atom is 0.334 e. The molecule has 2 N–H and O–H groups in total. The molecule has 0 radical (unpaired) electrons. The van der Waals surface area contributed by atoms with Gasteiger partial charge in [0.15, 0.2) is 5.78 Å². The molecule has 5 rings (SSSR count). The van der Waals surface area contributed by atoms with Crippen LogP contribution in [0.1, 0.15) is 79.6 Å². The van der Waals surface area contributed by atoms with E-state index in [0.717, 1.165) is 24.8 Å². The molecule has 4 aliphatic carbocycles. The summed E-state index contributed by atoms with van der Waals surface area (Å²) >= 11 is 0. The summed E-state index contributed by atoms with van der Waals surface area (Å²) in [6, 6.07) is 0. The van der Waals surface area contributed by atoms with Crippen LogP contribution >= 0.6 is 0 Å². The fourth-order valence-electron chi connectivity index (χ4n) is 7.72. The van der Waals surface area contributed by atoms with Crippen LogP contribution in [-0.4, -0.2) is 39.3 Å². The summed E-state index contributed by atoms with van der Waals surface area (Å²) in [4.78, 5) is 25.5. The summed E-state index contributed by atoms with van der Waals surface area (Å²) in [6.07, 6.45) is 9.78. The third kappa shape index (κ3) is 2.72. The second-order valence-corrected chi connectivity index (χ2v) is 11.5. The van der Waals surface area contributed by atoms with Crippen molar-refractivity contribution in [2.75, 3.05) is 0 Å². The van der Waals surface area contributed by atoms with Gasteiger partial charge in [0.1, 0.15) is 17.3 Å². The van der Waals surface area contributed by atoms with Crippen LogP contribution < -0.4 is 0 Å². The molecule has 5 nitrogen and oxygen atoms in total. The first-order valence-corrected chi connectivity index (χ1v) is 12.3. The number of ether oxygens (including phenoxy) is 1. The summed E-state index contributed by atoms with van der Waals surface area (Å²) in [5, 5.41) is 24.1. The Balaban J connectivity index is 1.56. The predicted octanol–water partition coefficient (Wildman–Crippen LogP) is 4.49. The summed E-state index contributed by atoms with van der Waals surface area (Å²) in [5.41, 5.74) is 1.02. The number of esters is 1. The zero-order chi connectivity index (χ0) is 24.0. The summed E-state index contributed by atoms with van der Waals surface area (Å²) in [6.45, 7) is 9.43. The SMILES string of the molecule is CC1=C(C)C(=O)O[C@@H]([C@](C)(O)[C@@]2(O)CCC3=C4CC=C5CC=CC(=O)[C@]5(C)[C@@H]4CC[C@@]32C)C1. The largest absolute Gasteiger partial charge is 0.455 e. The van der Waals surface area contributed by atoms with Crippen molar-refractivity contribution in [3.8, 4) is 0 Å². The van der Waals surface area contributed by atoms with Gasteiger partial charge in [0.05, 0.1) is 5.41 Å². The van der Waals surface area contributed by atoms with Gasteiger partial charge >= 0.3 is 5.97 Å². The average molecular weight is 453 g/mol. The normalized spacial score (nSPS) is 42.3. The molecule has 0 aromatic carbocycles. The molecule has 0 bridgehead atoms. The number of fused-ring (bicyclic) bond motifs is 4. The molecule has 0 aromatic rings. The van der Waals surface area contributed by atoms with Crippen molar-refractivity contribution in [3.63, 3.8) is 0 Å². The van der Waals surface area contributed by atoms with Gasteiger partial charge in [0.25, 0.3) is 0 Å². The van der Waals surface area contributed by atoms with Gasteiger partial charge in [0.2, 0.25) is 0 Å². The van der Waals surface area contributed by atoms with Crippen LogP contribution in [-0.2, 0) is 14.3 Å². The number of hydrogen-bond acceptors (Lipinski definition) is 5. The lowest BCUT2D eigenvalue weighted by molar-refractivity contribution is -0.235. The number of carbonyl (C=O) groups excluding carboxylic acids is 2. The highest BCUT2D eigenvalue weighted by molar-refractivity contribution is 5.99. The lowest BCUT2D eigenvalue weighted by Gasteiger charge is -2.56. The van der Waals surface area contributed by atoms with Crippen molar-refractivity contribution in [1.82, 2.24) is 0 Å². The average Bonchev–Trinajstić information content (AvgIpc) is 3.05. The maximum absolute atomic E-state index is 13.1. The first-order valence-electron chi connectivity index (χ1n) is 12.3. The van der Waals surface area contributed by atoms with Gasteiger partial charge < -0.3 is 14.9 Å². The Bertz CT molecular complexity index is 1070. The second kappa shape index (κ2) is 7.02. The maximum atomic E-state index is 13.1. The Hall–Kier alpha value is -1.98. The van der Waals surface area contributed by atoms with Gasteiger partial charge in [0, 0.05) is 17.4 Å². The Morgan fingerprint density at radius 2 is 1.88 bits per heavy atom. The Labute approximate surface area is 196 Å². The van der Waals surface area contributed by atoms with Crippen molar-refractivity contribution >= 4 is 11.8 Å². The molecule has 33 heavy (non-hydrogen) atoms. The van der Waals surface area contributed by atoms with Crippen LogP contribution in [0.2, 0.25) is 0 Å². The Morgan fingerprint density at radius 1 is 1.15 bits per heavy atom. The van der Waals surface area contributed by atoms with E-state index in [2.05, 4.69) is 19.9 Å². The molecular weight excluding hydrogens is 416 g/mol. The van der Waals surface area contributed by atoms with Crippen molar-refractivity contribution in [2.45, 2.75) is 96.9 Å². The van der Waals surface area contributed by atoms with Crippen LogP contribution in [0.4, 0.5) is 0 Å². The standard InChI is InChI=1S/C28H36O5/c1-16-15-23(33-24(30)17(16)2)27(5,31)28(32)14-12-20-19-10-9-18-7-6-8-22(29)26(18,4)21(19)11-13-25(20,28)3/h6,8-9,21,23,31-32H,7,10-15H2,1-5H3/t21-,23-,25+,26+,27+,28-/m1/s1. The van der Waals surface area contributed by atoms with E-state index in [1.165, 1.54) is 16.7 Å². The van der Waals surface area contributed by atoms with Crippen LogP contribution in [0.15, 0.2) is 46.1 Å². The van der Waals surface area contributed by atoms with Crippen LogP contribution in [0, 0.1) is 16.7 Å². The van der Waals surface area contributed by atoms with Crippen LogP contribution in [0.25, 0.3) is 0 Å². The van der Waals surface area contributed by atoms with Crippen molar-refractivity contribution in [1.29, 1.82) is 0 Å². The highest BCUT2D eigenvalue weighted by Crippen LogP contribution is 2.66. The molecule has 5 aliphatic rings. The van der Waals surface area contributed by atoms with Gasteiger partial charge in [-0.05, 0) is 78.2 Å². The van der Waals surface area contributed by atoms with E-state index in [-0.39, 0.29) is 11.7 Å². The third-order valence-electron chi connectivity index (χ3n) is 10.3. The molecule has 1 saturated carbocycles. The lowest BCUT2D eigenvalue weighted by Crippen LogP contribution is -2.66. The topological polar surface area (TPSA) is 83.8 Å². The fourth-order valence-corrected chi connectivity index (χ4v) is 7.72. The van der Waals surface area contributed by atoms with E-state index in [9.17, 15) is 19.8 Å². The molecule has 5 heteroatoms. The van der Waals surface area contributed by atoms with E-state index in [4.69, 9.17) is 4.74 Å². The quantitative estimate of drug-likeness (QED) is 0.476. The monoisotopic (exact) mass is 452 g/mol. The summed E-state index contributed by atoms with van der Waals surface area (Å²) in [5.74, 6) is -0.0936. The van der Waals surface area contributed by atoms with Gasteiger partial charge in [-0.15, -0.1) is 0 Å². The minimum atomic E-state index is -1.60. The molecular formula is C28H36O5.